The van der Waals surface area contributed by atoms with Crippen molar-refractivity contribution in [2.75, 3.05) is 39.6 Å². The smallest absolute Gasteiger partial charge is 0.217 e. The lowest BCUT2D eigenvalue weighted by Crippen LogP contribution is -2.72. The van der Waals surface area contributed by atoms with Crippen LogP contribution in [0.1, 0.15) is 41.5 Å². The maximum atomic E-state index is 13.4. The minimum absolute atomic E-state index is 0.767. The van der Waals surface area contributed by atoms with Gasteiger partial charge in [-0.1, -0.05) is 0 Å². The molecule has 24 N–H and O–H groups in total. The average Bonchev–Trinajstić information content (AvgIpc) is 0.760. The monoisotopic (exact) mass is 1450 g/mol. The van der Waals surface area contributed by atoms with Crippen LogP contribution < -0.4 is 21.3 Å². The van der Waals surface area contributed by atoms with Crippen LogP contribution in [0.3, 0.4) is 0 Å². The number of amides is 4. The fourth-order valence-corrected chi connectivity index (χ4v) is 12.9. The van der Waals surface area contributed by atoms with E-state index in [1.54, 1.807) is 0 Å². The molecule has 40 atom stereocenters. The predicted octanol–water partition coefficient (Wildman–Crippen LogP) is -15.8. The van der Waals surface area contributed by atoms with Gasteiger partial charge >= 0.3 is 0 Å². The van der Waals surface area contributed by atoms with E-state index in [0.717, 1.165) is 27.7 Å². The number of nitrogens with one attached hydrogen (secondary N) is 4. The van der Waals surface area contributed by atoms with E-state index >= 15 is 0 Å². The van der Waals surface area contributed by atoms with Crippen LogP contribution in [0, 0.1) is 0 Å². The first kappa shape index (κ1) is 81.2. The zero-order valence-electron chi connectivity index (χ0n) is 54.0. The molecule has 8 heterocycles. The molecule has 0 bridgehead atoms. The minimum atomic E-state index is -2.28. The van der Waals surface area contributed by atoms with Gasteiger partial charge in [0.15, 0.2) is 50.3 Å². The molecule has 0 aromatic heterocycles. The van der Waals surface area contributed by atoms with E-state index in [2.05, 4.69) is 21.3 Å². The SMILES string of the molecule is CC(=O)N[C@@H]1[C@@H](O[C@@H]2O[C@H](CO)[C@@H](O)[C@H](O)[C@H]2NC(C)=O)[C@@H](O)[C@@H](CO[C@@H]2O[C@H](CO)[C@@H](O[C@@H]3O[C@H](CO)[C@H](O)[C@H](O[C@@H]4O[C@H](CO)[C@@H](O[C@@H]5O[C@H](CO)[C@H](O)[C@H](O)[C@H]5O)[C@H](O[C@@H]5O[C@@H](C)[C@@H](O)[C@@H](O)[C@@H]5O)[C@H]4NC(C)=O)[C@H]3O[C@@H]3O[C@@H](C)[C@@H](O)[C@@H](O)[C@@H]3O)[C@H](O)[C@H]2NC(C)=O)O[C@@H]1O. The molecule has 0 spiro atoms. The van der Waals surface area contributed by atoms with Crippen molar-refractivity contribution in [3.05, 3.63) is 0 Å². The lowest BCUT2D eigenvalue weighted by atomic mass is 9.93. The first-order valence-electron chi connectivity index (χ1n) is 31.8. The highest BCUT2D eigenvalue weighted by atomic mass is 16.8. The van der Waals surface area contributed by atoms with Gasteiger partial charge in [0.1, 0.15) is 183 Å². The van der Waals surface area contributed by atoms with E-state index in [0.29, 0.717) is 0 Å². The largest absolute Gasteiger partial charge is 0.394 e. The highest BCUT2D eigenvalue weighted by Crippen LogP contribution is 2.40. The molecule has 0 radical (unpaired) electrons. The summed E-state index contributed by atoms with van der Waals surface area (Å²) in [7, 11) is 0. The second kappa shape index (κ2) is 35.0. The van der Waals surface area contributed by atoms with Gasteiger partial charge in [-0.25, -0.2) is 0 Å². The molecule has 0 unspecified atom stereocenters. The Morgan fingerprint density at radius 3 is 1.14 bits per heavy atom. The van der Waals surface area contributed by atoms with Crippen LogP contribution >= 0.6 is 0 Å². The Kier molecular flexibility index (Phi) is 28.7. The van der Waals surface area contributed by atoms with Crippen molar-refractivity contribution in [3.8, 4) is 0 Å². The van der Waals surface area contributed by atoms with E-state index < -0.39 is 309 Å². The zero-order valence-corrected chi connectivity index (χ0v) is 54.0. The summed E-state index contributed by atoms with van der Waals surface area (Å²) >= 11 is 0. The number of carbonyl (C=O) groups is 4. The van der Waals surface area contributed by atoms with Gasteiger partial charge in [0.2, 0.25) is 23.6 Å². The van der Waals surface area contributed by atoms with Gasteiger partial charge in [0.05, 0.1) is 51.8 Å². The number of aliphatic hydroxyl groups is 20. The van der Waals surface area contributed by atoms with Gasteiger partial charge in [-0.3, -0.25) is 19.2 Å². The van der Waals surface area contributed by atoms with Gasteiger partial charge < -0.3 is 194 Å². The third kappa shape index (κ3) is 18.1. The highest BCUT2D eigenvalue weighted by molar-refractivity contribution is 5.74. The van der Waals surface area contributed by atoms with Crippen LogP contribution in [0.5, 0.6) is 0 Å². The second-order valence-electron chi connectivity index (χ2n) is 25.3. The summed E-state index contributed by atoms with van der Waals surface area (Å²) in [5.41, 5.74) is 0. The van der Waals surface area contributed by atoms with Gasteiger partial charge in [0.25, 0.3) is 0 Å². The minimum Gasteiger partial charge on any atom is -0.394 e. The molecule has 0 aliphatic carbocycles. The molecule has 8 aliphatic rings. The molecule has 0 saturated carbocycles. The van der Waals surface area contributed by atoms with Crippen LogP contribution in [0.15, 0.2) is 0 Å². The molecule has 43 nitrogen and oxygen atoms in total. The Morgan fingerprint density at radius 2 is 0.626 bits per heavy atom. The molecule has 99 heavy (non-hydrogen) atoms. The fraction of sp³-hybridized carbons (Fsp3) is 0.929. The molecule has 8 fully saturated rings. The number of hydrogen-bond donors (Lipinski definition) is 24. The third-order valence-electron chi connectivity index (χ3n) is 18.2. The summed E-state index contributed by atoms with van der Waals surface area (Å²) in [5.74, 6) is -3.42. The number of hydrogen-bond acceptors (Lipinski definition) is 39. The topological polar surface area (TPSA) is 659 Å². The first-order valence-corrected chi connectivity index (χ1v) is 31.8. The molecule has 8 rings (SSSR count). The quantitative estimate of drug-likeness (QED) is 0.0427. The number of carbonyl (C=O) groups excluding carboxylic acids is 4. The summed E-state index contributed by atoms with van der Waals surface area (Å²) in [4.78, 5) is 51.2. The van der Waals surface area contributed by atoms with E-state index in [4.69, 9.17) is 71.1 Å². The summed E-state index contributed by atoms with van der Waals surface area (Å²) in [6.45, 7) is 0.271. The van der Waals surface area contributed by atoms with Gasteiger partial charge in [0, 0.05) is 27.7 Å². The Morgan fingerprint density at radius 1 is 0.283 bits per heavy atom. The molecular formula is C56H94N4O39. The first-order chi connectivity index (χ1) is 46.7. The molecule has 572 valence electrons. The lowest BCUT2D eigenvalue weighted by molar-refractivity contribution is -0.406. The molecule has 43 heteroatoms. The van der Waals surface area contributed by atoms with Crippen LogP contribution in [0.25, 0.3) is 0 Å². The Hall–Kier alpha value is -3.52. The zero-order chi connectivity index (χ0) is 73.1. The molecule has 8 saturated heterocycles. The normalized spacial score (nSPS) is 49.1. The Labute approximate surface area is 562 Å². The van der Waals surface area contributed by atoms with E-state index in [1.165, 1.54) is 13.8 Å². The molecule has 8 aliphatic heterocycles. The summed E-state index contributed by atoms with van der Waals surface area (Å²) in [6.07, 6.45) is -70.3. The number of rotatable bonds is 24. The maximum absolute atomic E-state index is 13.4. The van der Waals surface area contributed by atoms with Crippen molar-refractivity contribution in [1.29, 1.82) is 0 Å². The van der Waals surface area contributed by atoms with Crippen LogP contribution in [-0.4, -0.2) is 411 Å². The lowest BCUT2D eigenvalue weighted by Gasteiger charge is -2.52. The van der Waals surface area contributed by atoms with E-state index in [1.807, 2.05) is 0 Å². The summed E-state index contributed by atoms with van der Waals surface area (Å²) in [5, 5.41) is 231. The van der Waals surface area contributed by atoms with E-state index in [9.17, 15) is 121 Å². The number of aliphatic hydroxyl groups excluding tert-OH is 20. The Balaban J connectivity index is 1.12. The molecular weight excluding hydrogens is 1350 g/mol. The fourth-order valence-electron chi connectivity index (χ4n) is 12.9. The Bertz CT molecular complexity index is 2600. The predicted molar refractivity (Wildman–Crippen MR) is 308 cm³/mol. The maximum Gasteiger partial charge on any atom is 0.217 e. The summed E-state index contributed by atoms with van der Waals surface area (Å²) in [6, 6.07) is -7.09. The summed E-state index contributed by atoms with van der Waals surface area (Å²) < 4.78 is 90.3. The van der Waals surface area contributed by atoms with Crippen LogP contribution in [-0.2, 0) is 90.2 Å². The molecule has 4 amide bonds. The van der Waals surface area contributed by atoms with Crippen LogP contribution in [0.4, 0.5) is 0 Å². The van der Waals surface area contributed by atoms with Gasteiger partial charge in [-0.2, -0.15) is 0 Å². The van der Waals surface area contributed by atoms with E-state index in [-0.39, 0.29) is 0 Å². The third-order valence-corrected chi connectivity index (χ3v) is 18.2. The van der Waals surface area contributed by atoms with Crippen molar-refractivity contribution in [2.45, 2.75) is 287 Å². The average molecular weight is 1450 g/mol. The van der Waals surface area contributed by atoms with Crippen molar-refractivity contribution in [2.24, 2.45) is 0 Å². The van der Waals surface area contributed by atoms with Crippen molar-refractivity contribution in [1.82, 2.24) is 21.3 Å². The van der Waals surface area contributed by atoms with Crippen molar-refractivity contribution >= 4 is 23.6 Å². The van der Waals surface area contributed by atoms with Crippen molar-refractivity contribution in [3.63, 3.8) is 0 Å². The highest BCUT2D eigenvalue weighted by Gasteiger charge is 2.61. The standard InChI is InChI=1S/C56H94N4O39/c1-13-29(70)37(78)40(81)53(86-13)97-46-28(60-18(6)69)52(93-23(11-65)44(46)95-55-42(83)39(80)32(73)20(8-62)90-55)98-47-33(74)21(9-63)91-56(48(47)99-54-41(82)38(79)30(71)14(2)87-54)94-43-22(10-64)92-50(26(36(43)77)58-16(4)67)85-12-24-34(75)45(27(49(84)88-24)59-17(5)68)96-51-25(57-15(3)66)35(76)31(72)19(7-61)89-51/h13-14,19-56,61-65,70-84H,7-12H2,1-6H3,(H,57,66)(H,58,67)(H,59,68)(H,60,69)/t13-,14-,19+,20+,21+,22+,23+,24+,25+,26+,27+,28+,29+,30+,31+,32-,33-,34-,35+,36+,37+,38+,39-,40-,41-,42+,43+,44+,45+,46+,47-,48+,49-,50+,51-,52-,53-,54-,55-,56-/m0/s1. The number of ether oxygens (including phenoxy) is 15. The second-order valence-corrected chi connectivity index (χ2v) is 25.3. The molecule has 0 aromatic rings. The van der Waals surface area contributed by atoms with Gasteiger partial charge in [-0.05, 0) is 13.8 Å². The van der Waals surface area contributed by atoms with Gasteiger partial charge in [-0.15, -0.1) is 0 Å². The molecule has 0 aromatic carbocycles. The van der Waals surface area contributed by atoms with Crippen LogP contribution in [0.2, 0.25) is 0 Å². The van der Waals surface area contributed by atoms with Crippen molar-refractivity contribution < 1.29 is 192 Å².